The third-order valence-electron chi connectivity index (χ3n) is 11.7. The number of pyridine rings is 2. The van der Waals surface area contributed by atoms with Crippen LogP contribution in [0.2, 0.25) is 0 Å². The quantitative estimate of drug-likeness (QED) is 0.110. The fraction of sp³-hybridized carbons (Fsp3) is 0.440. The normalized spacial score (nSPS) is 20.1. The Morgan fingerprint density at radius 1 is 0.658 bits per heavy atom. The highest BCUT2D eigenvalue weighted by Gasteiger charge is 2.28. The van der Waals surface area contributed by atoms with Crippen molar-refractivity contribution in [3.05, 3.63) is 105 Å². The molecule has 0 saturated carbocycles. The number of anilines is 2. The number of methoxy groups -OCH3 is 2. The number of ether oxygens (including phenoxy) is 4. The lowest BCUT2D eigenvalue weighted by molar-refractivity contribution is -0.122. The monoisotopic (exact) mass is 1130 g/mol. The summed E-state index contributed by atoms with van der Waals surface area (Å²) in [5.41, 5.74) is 2.34. The number of nitrogens with one attached hydrogen (secondary N) is 2. The number of hydrogen-bond acceptors (Lipinski definition) is 20. The van der Waals surface area contributed by atoms with Crippen LogP contribution in [-0.4, -0.2) is 171 Å². The van der Waals surface area contributed by atoms with Crippen LogP contribution in [0.25, 0.3) is 22.8 Å². The maximum atomic E-state index is 13.4. The number of rotatable bonds is 20. The molecular formula is C50H62N10O12S4. The van der Waals surface area contributed by atoms with Crippen LogP contribution in [0, 0.1) is 0 Å². The van der Waals surface area contributed by atoms with Gasteiger partial charge in [-0.3, -0.25) is 27.1 Å². The maximum absolute atomic E-state index is 13.4. The van der Waals surface area contributed by atoms with E-state index in [0.29, 0.717) is 40.9 Å². The third-order valence-corrected chi connectivity index (χ3v) is 15.3. The van der Waals surface area contributed by atoms with Gasteiger partial charge >= 0.3 is 0 Å². The molecule has 408 valence electrons. The van der Waals surface area contributed by atoms with Gasteiger partial charge in [0.2, 0.25) is 20.0 Å². The average molecular weight is 1130 g/mol. The van der Waals surface area contributed by atoms with Crippen LogP contribution in [-0.2, 0) is 61.4 Å². The molecule has 6 aromatic heterocycles. The highest BCUT2D eigenvalue weighted by molar-refractivity contribution is 7.89. The molecule has 2 saturated heterocycles. The van der Waals surface area contributed by atoms with Gasteiger partial charge in [-0.05, 0) is 64.1 Å². The summed E-state index contributed by atoms with van der Waals surface area (Å²) in [6, 6.07) is 10.8. The fourth-order valence-electron chi connectivity index (χ4n) is 8.26. The molecule has 0 unspecified atom stereocenters. The van der Waals surface area contributed by atoms with Crippen LogP contribution >= 0.6 is 22.7 Å². The van der Waals surface area contributed by atoms with Crippen LogP contribution in [0.3, 0.4) is 0 Å². The number of hydrogen-bond donors (Lipinski definition) is 2. The molecule has 2 aliphatic heterocycles. The molecule has 0 aliphatic carbocycles. The van der Waals surface area contributed by atoms with Gasteiger partial charge in [-0.1, -0.05) is 12.1 Å². The Bertz CT molecular complexity index is 3420. The van der Waals surface area contributed by atoms with Crippen LogP contribution in [0.15, 0.2) is 84.1 Å². The first kappa shape index (κ1) is 50.6. The van der Waals surface area contributed by atoms with Gasteiger partial charge in [-0.2, -0.15) is 0 Å². The second-order valence-corrected chi connectivity index (χ2v) is 23.9. The summed E-state index contributed by atoms with van der Waals surface area (Å²) in [5, 5.41) is 9.21. The zero-order chi connectivity index (χ0) is 59.2. The zero-order valence-corrected chi connectivity index (χ0v) is 45.9. The van der Waals surface area contributed by atoms with Crippen molar-refractivity contribution in [1.82, 2.24) is 38.5 Å². The molecule has 0 bridgehead atoms. The Hall–Kier alpha value is -6.26. The van der Waals surface area contributed by atoms with Crippen molar-refractivity contribution in [1.29, 1.82) is 0 Å². The number of carbonyl (C=O) groups excluding carboxylic acids is 4. The number of ketones is 2. The first-order chi connectivity index (χ1) is 37.9. The average Bonchev–Trinajstić information content (AvgIpc) is 4.25. The third kappa shape index (κ3) is 15.5. The number of aromatic nitrogens is 6. The minimum atomic E-state index is -3.71. The number of amides is 2. The fourth-order valence-corrected chi connectivity index (χ4v) is 11.0. The van der Waals surface area contributed by atoms with Gasteiger partial charge in [0.1, 0.15) is 33.7 Å². The molecule has 2 N–H and O–H groups in total. The molecular weight excluding hydrogens is 1060 g/mol. The molecule has 6 aromatic rings. The molecule has 8 rings (SSSR count). The number of carbonyl (C=O) groups is 4. The van der Waals surface area contributed by atoms with E-state index in [0.717, 1.165) is 75.0 Å². The van der Waals surface area contributed by atoms with E-state index in [1.807, 2.05) is 63.4 Å². The van der Waals surface area contributed by atoms with Gasteiger partial charge in [-0.15, -0.1) is 22.7 Å². The molecule has 6 atom stereocenters. The zero-order valence-electron chi connectivity index (χ0n) is 47.6. The van der Waals surface area contributed by atoms with Crippen molar-refractivity contribution in [2.24, 2.45) is 0 Å². The SMILES string of the molecule is COC[C@@H](NC(=O)c1ccn(S(C)(=O)=O)c1)C(=O)Cc1nc(-c2cccc(N3C[C@@H](C)O[C@@H](C)C3)n2)cs1.[2H]C([2H])([2H])OC([2H])([2H])[C@@H](NC(=O)c1ccn(S(C)(=O)=O)c1)C(=O)Cc1nc(-c2cccc(N3C[C@@H](C)O[C@@H](C)C3)n2)cs1. The summed E-state index contributed by atoms with van der Waals surface area (Å²) in [4.78, 5) is 74.9. The summed E-state index contributed by atoms with van der Waals surface area (Å²) in [7, 11) is -9.03. The Labute approximate surface area is 456 Å². The van der Waals surface area contributed by atoms with Crippen molar-refractivity contribution in [2.45, 2.75) is 77.0 Å². The lowest BCUT2D eigenvalue weighted by atomic mass is 10.1. The molecule has 2 amide bonds. The van der Waals surface area contributed by atoms with Crippen molar-refractivity contribution >= 4 is 77.7 Å². The first-order valence-electron chi connectivity index (χ1n) is 26.2. The van der Waals surface area contributed by atoms with E-state index in [4.69, 9.17) is 31.0 Å². The van der Waals surface area contributed by atoms with Crippen LogP contribution in [0.5, 0.6) is 0 Å². The molecule has 22 nitrogen and oxygen atoms in total. The summed E-state index contributed by atoms with van der Waals surface area (Å²) in [6.45, 7) is 7.73. The van der Waals surface area contributed by atoms with Gasteiger partial charge < -0.3 is 39.4 Å². The lowest BCUT2D eigenvalue weighted by Crippen LogP contribution is -2.45. The van der Waals surface area contributed by atoms with E-state index in [-0.39, 0.29) is 59.4 Å². The Morgan fingerprint density at radius 3 is 1.47 bits per heavy atom. The van der Waals surface area contributed by atoms with Crippen LogP contribution < -0.4 is 20.4 Å². The summed E-state index contributed by atoms with van der Waals surface area (Å²) < 4.78 is 108. The predicted octanol–water partition coefficient (Wildman–Crippen LogP) is 3.97. The standard InChI is InChI=1S/2C25H31N5O6S2/c2*1-16-11-29(12-17(2)36-16)23-7-5-6-19(26-23)21-15-37-24(27-21)10-22(31)20(14-35-3)28-25(32)18-8-9-30(13-18)38(4,33)34/h2*5-9,13,15-17,20H,10-12,14H2,1-4H3,(H,28,32)/t2*16-,17+,20-/m11/s1/i3D3,14D2;. The minimum absolute atomic E-state index is 0.00150. The molecule has 0 radical (unpaired) electrons. The Morgan fingerprint density at radius 2 is 1.08 bits per heavy atom. The molecule has 76 heavy (non-hydrogen) atoms. The molecule has 26 heteroatoms. The molecule has 2 fully saturated rings. The highest BCUT2D eigenvalue weighted by atomic mass is 32.2. The second-order valence-electron chi connectivity index (χ2n) is 18.2. The summed E-state index contributed by atoms with van der Waals surface area (Å²) in [6.07, 6.45) is 6.36. The van der Waals surface area contributed by atoms with E-state index in [2.05, 4.69) is 35.1 Å². The van der Waals surface area contributed by atoms with Crippen molar-refractivity contribution < 1.29 is 61.8 Å². The Balaban J connectivity index is 0.000000235. The van der Waals surface area contributed by atoms with Gasteiger partial charge in [-0.25, -0.2) is 36.8 Å². The summed E-state index contributed by atoms with van der Waals surface area (Å²) >= 11 is 2.46. The number of Topliss-reactive ketones (excluding diaryl/α,β-unsaturated/α-hetero) is 2. The lowest BCUT2D eigenvalue weighted by Gasteiger charge is -2.36. The predicted molar refractivity (Wildman–Crippen MR) is 288 cm³/mol. The van der Waals surface area contributed by atoms with Crippen molar-refractivity contribution in [3.63, 3.8) is 0 Å². The van der Waals surface area contributed by atoms with Crippen molar-refractivity contribution in [3.8, 4) is 22.8 Å². The number of morpholine rings is 2. The topological polar surface area (TPSA) is 265 Å². The Kier molecular flexibility index (Phi) is 16.8. The molecule has 0 aromatic carbocycles. The van der Waals surface area contributed by atoms with Crippen LogP contribution in [0.4, 0.5) is 11.6 Å². The van der Waals surface area contributed by atoms with Gasteiger partial charge in [0, 0.05) is 75.9 Å². The van der Waals surface area contributed by atoms with E-state index < -0.39 is 69.7 Å². The van der Waals surface area contributed by atoms with E-state index >= 15 is 0 Å². The largest absolute Gasteiger partial charge is 0.382 e. The van der Waals surface area contributed by atoms with Gasteiger partial charge in [0.15, 0.2) is 11.6 Å². The molecule has 2 aliphatic rings. The van der Waals surface area contributed by atoms with Crippen LogP contribution in [0.1, 0.15) is 65.3 Å². The smallest absolute Gasteiger partial charge is 0.253 e. The minimum Gasteiger partial charge on any atom is -0.382 e. The molecule has 0 spiro atoms. The maximum Gasteiger partial charge on any atom is 0.253 e. The van der Waals surface area contributed by atoms with E-state index in [1.165, 1.54) is 36.9 Å². The highest BCUT2D eigenvalue weighted by Crippen LogP contribution is 2.27. The van der Waals surface area contributed by atoms with E-state index in [1.54, 1.807) is 11.4 Å². The van der Waals surface area contributed by atoms with Crippen molar-refractivity contribution in [2.75, 3.05) is 75.8 Å². The second kappa shape index (κ2) is 25.3. The summed E-state index contributed by atoms with van der Waals surface area (Å²) in [5.74, 6) is -1.18. The molecule has 8 heterocycles. The number of thiazole rings is 2. The van der Waals surface area contributed by atoms with Gasteiger partial charge in [0.25, 0.3) is 11.8 Å². The van der Waals surface area contributed by atoms with Gasteiger partial charge in [0.05, 0.1) is 104 Å². The van der Waals surface area contributed by atoms with E-state index in [9.17, 15) is 36.0 Å². The number of nitrogens with zero attached hydrogens (tertiary/aromatic N) is 8. The first-order valence-corrected chi connectivity index (χ1v) is 29.2.